The van der Waals surface area contributed by atoms with Gasteiger partial charge in [0.15, 0.2) is 0 Å². The molecule has 0 bridgehead atoms. The van der Waals surface area contributed by atoms with Gasteiger partial charge in [0.25, 0.3) is 21.2 Å². The van der Waals surface area contributed by atoms with Crippen LogP contribution in [0, 0.1) is 6.92 Å². The number of hydrogen-bond donors (Lipinski definition) is 0. The van der Waals surface area contributed by atoms with Gasteiger partial charge in [0, 0.05) is 30.2 Å². The van der Waals surface area contributed by atoms with E-state index in [9.17, 15) is 22.8 Å². The summed E-state index contributed by atoms with van der Waals surface area (Å²) in [7, 11) is -3.89. The molecule has 35 heavy (non-hydrogen) atoms. The summed E-state index contributed by atoms with van der Waals surface area (Å²) >= 11 is 0.754. The number of hydrogen-bond acceptors (Lipinski definition) is 6. The number of rotatable bonds is 5. The predicted molar refractivity (Wildman–Crippen MR) is 134 cm³/mol. The molecule has 3 heterocycles. The average molecular weight is 510 g/mol. The Labute approximate surface area is 207 Å². The number of para-hydroxylation sites is 1. The lowest BCUT2D eigenvalue weighted by Gasteiger charge is -2.18. The molecule has 0 N–H and O–H groups in total. The molecule has 2 saturated heterocycles. The fourth-order valence-corrected chi connectivity index (χ4v) is 6.50. The molecule has 5 rings (SSSR count). The number of fused-ring (bicyclic) bond motifs is 1. The van der Waals surface area contributed by atoms with Crippen LogP contribution < -0.4 is 0 Å². The molecule has 0 saturated carbocycles. The van der Waals surface area contributed by atoms with Crippen LogP contribution in [0.4, 0.5) is 4.79 Å². The van der Waals surface area contributed by atoms with E-state index >= 15 is 0 Å². The number of aromatic nitrogens is 1. The Bertz CT molecular complexity index is 1480. The third kappa shape index (κ3) is 4.28. The van der Waals surface area contributed by atoms with Crippen LogP contribution in [0.2, 0.25) is 0 Å². The van der Waals surface area contributed by atoms with Gasteiger partial charge in [-0.25, -0.2) is 12.4 Å². The van der Waals surface area contributed by atoms with Crippen molar-refractivity contribution in [2.45, 2.75) is 24.7 Å². The lowest BCUT2D eigenvalue weighted by Crippen LogP contribution is -2.40. The van der Waals surface area contributed by atoms with Crippen LogP contribution in [0.5, 0.6) is 0 Å². The Morgan fingerprint density at radius 1 is 1.03 bits per heavy atom. The van der Waals surface area contributed by atoms with E-state index in [1.54, 1.807) is 53.4 Å². The molecule has 2 aliphatic heterocycles. The van der Waals surface area contributed by atoms with Crippen molar-refractivity contribution in [3.05, 3.63) is 70.8 Å². The third-order valence-corrected chi connectivity index (χ3v) is 8.79. The zero-order valence-corrected chi connectivity index (χ0v) is 20.6. The molecule has 0 unspecified atom stereocenters. The van der Waals surface area contributed by atoms with E-state index in [0.29, 0.717) is 29.6 Å². The topological polar surface area (TPSA) is 96.8 Å². The Morgan fingerprint density at radius 2 is 1.71 bits per heavy atom. The van der Waals surface area contributed by atoms with Gasteiger partial charge in [0.05, 0.1) is 15.3 Å². The summed E-state index contributed by atoms with van der Waals surface area (Å²) in [6.45, 7) is 2.87. The molecule has 2 fully saturated rings. The van der Waals surface area contributed by atoms with E-state index < -0.39 is 21.2 Å². The minimum atomic E-state index is -3.89. The number of likely N-dealkylation sites (tertiary alicyclic amines) is 1. The molecule has 0 aliphatic carbocycles. The number of carbonyl (C=O) groups excluding carboxylic acids is 3. The summed E-state index contributed by atoms with van der Waals surface area (Å²) in [6.07, 6.45) is 4.82. The highest BCUT2D eigenvalue weighted by Gasteiger charge is 2.37. The normalized spacial score (nSPS) is 17.8. The van der Waals surface area contributed by atoms with Gasteiger partial charge in [-0.2, -0.15) is 0 Å². The Balaban J connectivity index is 1.49. The SMILES string of the molecule is Cc1ccc(S(=O)(=O)n2cc(/C=C3\SC(=O)N(CC(=O)N4CCCC4)C3=O)c3ccccc32)cc1. The quantitative estimate of drug-likeness (QED) is 0.485. The summed E-state index contributed by atoms with van der Waals surface area (Å²) in [5.41, 5.74) is 1.90. The van der Waals surface area contributed by atoms with Crippen molar-refractivity contribution in [2.75, 3.05) is 19.6 Å². The van der Waals surface area contributed by atoms with Crippen molar-refractivity contribution < 1.29 is 22.8 Å². The number of thioether (sulfide) groups is 1. The van der Waals surface area contributed by atoms with Gasteiger partial charge in [-0.15, -0.1) is 0 Å². The summed E-state index contributed by atoms with van der Waals surface area (Å²) in [5.74, 6) is -0.794. The highest BCUT2D eigenvalue weighted by molar-refractivity contribution is 8.18. The number of amides is 3. The first-order valence-electron chi connectivity index (χ1n) is 11.2. The first kappa shape index (κ1) is 23.4. The number of nitrogens with zero attached hydrogens (tertiary/aromatic N) is 3. The molecule has 180 valence electrons. The zero-order chi connectivity index (χ0) is 24.7. The maximum atomic E-state index is 13.4. The molecular formula is C25H23N3O5S2. The third-order valence-electron chi connectivity index (χ3n) is 6.20. The maximum Gasteiger partial charge on any atom is 0.294 e. The molecule has 2 aliphatic rings. The lowest BCUT2D eigenvalue weighted by atomic mass is 10.1. The second-order valence-electron chi connectivity index (χ2n) is 8.57. The van der Waals surface area contributed by atoms with Crippen molar-refractivity contribution in [1.82, 2.24) is 13.8 Å². The fraction of sp³-hybridized carbons (Fsp3) is 0.240. The Hall–Kier alpha value is -3.37. The van der Waals surface area contributed by atoms with E-state index in [2.05, 4.69) is 0 Å². The zero-order valence-electron chi connectivity index (χ0n) is 19.0. The molecule has 10 heteroatoms. The number of carbonyl (C=O) groups is 3. The van der Waals surface area contributed by atoms with Crippen LogP contribution in [-0.4, -0.2) is 58.9 Å². The smallest absolute Gasteiger partial charge is 0.294 e. The number of imide groups is 1. The van der Waals surface area contributed by atoms with Gasteiger partial charge in [-0.3, -0.25) is 19.3 Å². The largest absolute Gasteiger partial charge is 0.341 e. The van der Waals surface area contributed by atoms with Crippen LogP contribution in [0.25, 0.3) is 17.0 Å². The maximum absolute atomic E-state index is 13.4. The Morgan fingerprint density at radius 3 is 2.43 bits per heavy atom. The Kier molecular flexibility index (Phi) is 6.02. The second-order valence-corrected chi connectivity index (χ2v) is 11.4. The molecule has 3 amide bonds. The fourth-order valence-electron chi connectivity index (χ4n) is 4.29. The van der Waals surface area contributed by atoms with E-state index in [1.807, 2.05) is 6.92 Å². The van der Waals surface area contributed by atoms with Crippen molar-refractivity contribution >= 4 is 55.8 Å². The van der Waals surface area contributed by atoms with Crippen LogP contribution in [0.3, 0.4) is 0 Å². The van der Waals surface area contributed by atoms with Gasteiger partial charge in [0.2, 0.25) is 5.91 Å². The van der Waals surface area contributed by atoms with Crippen LogP contribution in [0.1, 0.15) is 24.0 Å². The van der Waals surface area contributed by atoms with Crippen molar-refractivity contribution in [3.8, 4) is 0 Å². The van der Waals surface area contributed by atoms with Gasteiger partial charge < -0.3 is 4.90 Å². The van der Waals surface area contributed by atoms with E-state index in [-0.39, 0.29) is 22.3 Å². The predicted octanol–water partition coefficient (Wildman–Crippen LogP) is 3.85. The minimum Gasteiger partial charge on any atom is -0.341 e. The highest BCUT2D eigenvalue weighted by atomic mass is 32.2. The van der Waals surface area contributed by atoms with E-state index in [4.69, 9.17) is 0 Å². The molecule has 0 spiro atoms. The van der Waals surface area contributed by atoms with Gasteiger partial charge in [-0.1, -0.05) is 35.9 Å². The number of aryl methyl sites for hydroxylation is 1. The lowest BCUT2D eigenvalue weighted by molar-refractivity contribution is -0.135. The van der Waals surface area contributed by atoms with Crippen molar-refractivity contribution in [3.63, 3.8) is 0 Å². The molecule has 2 aromatic carbocycles. The molecule has 0 radical (unpaired) electrons. The van der Waals surface area contributed by atoms with Gasteiger partial charge in [-0.05, 0) is 55.8 Å². The molecular weight excluding hydrogens is 486 g/mol. The second kappa shape index (κ2) is 9.01. The van der Waals surface area contributed by atoms with Crippen molar-refractivity contribution in [1.29, 1.82) is 0 Å². The van der Waals surface area contributed by atoms with E-state index in [1.165, 1.54) is 16.2 Å². The number of benzene rings is 2. The molecule has 3 aromatic rings. The first-order chi connectivity index (χ1) is 16.8. The molecule has 0 atom stereocenters. The van der Waals surface area contributed by atoms with Gasteiger partial charge >= 0.3 is 0 Å². The van der Waals surface area contributed by atoms with Crippen LogP contribution >= 0.6 is 11.8 Å². The summed E-state index contributed by atoms with van der Waals surface area (Å²) < 4.78 is 28.0. The van der Waals surface area contributed by atoms with Crippen molar-refractivity contribution in [2.24, 2.45) is 0 Å². The highest BCUT2D eigenvalue weighted by Crippen LogP contribution is 2.35. The standard InChI is InChI=1S/C25H23N3O5S2/c1-17-8-10-19(11-9-17)35(32,33)28-15-18(20-6-2-3-7-21(20)28)14-22-24(30)27(25(31)34-22)16-23(29)26-12-4-5-13-26/h2-3,6-11,14-15H,4-5,12-13,16H2,1H3/b22-14-. The van der Waals surface area contributed by atoms with E-state index in [0.717, 1.165) is 35.1 Å². The monoisotopic (exact) mass is 509 g/mol. The van der Waals surface area contributed by atoms with Crippen LogP contribution in [-0.2, 0) is 19.6 Å². The summed E-state index contributed by atoms with van der Waals surface area (Å²) in [5, 5.41) is 0.118. The first-order valence-corrected chi connectivity index (χ1v) is 13.5. The molecule has 1 aromatic heterocycles. The van der Waals surface area contributed by atoms with Gasteiger partial charge in [0.1, 0.15) is 6.54 Å². The summed E-state index contributed by atoms with van der Waals surface area (Å²) in [4.78, 5) is 40.9. The average Bonchev–Trinajstić information content (AvgIpc) is 3.56. The van der Waals surface area contributed by atoms with Crippen LogP contribution in [0.15, 0.2) is 64.5 Å². The summed E-state index contributed by atoms with van der Waals surface area (Å²) in [6, 6.07) is 13.6. The molecule has 8 nitrogen and oxygen atoms in total. The minimum absolute atomic E-state index is 0.149.